The van der Waals surface area contributed by atoms with E-state index in [2.05, 4.69) is 60.7 Å². The molecule has 0 fully saturated rings. The number of hydrogen-bond donors (Lipinski definition) is 2. The van der Waals surface area contributed by atoms with Crippen LogP contribution in [0.1, 0.15) is 41.7 Å². The molecule has 0 amide bonds. The van der Waals surface area contributed by atoms with E-state index in [9.17, 15) is 5.11 Å². The van der Waals surface area contributed by atoms with Gasteiger partial charge in [-0.15, -0.1) is 0 Å². The maximum absolute atomic E-state index is 10.4. The van der Waals surface area contributed by atoms with Crippen LogP contribution in [0.4, 0.5) is 0 Å². The zero-order valence-corrected chi connectivity index (χ0v) is 17.8. The molecule has 5 heteroatoms. The Labute approximate surface area is 174 Å². The summed E-state index contributed by atoms with van der Waals surface area (Å²) in [6.45, 7) is 1.59. The molecule has 2 aromatic carbocycles. The van der Waals surface area contributed by atoms with E-state index in [1.807, 2.05) is 12.1 Å². The van der Waals surface area contributed by atoms with E-state index in [4.69, 9.17) is 9.47 Å². The lowest BCUT2D eigenvalue weighted by Gasteiger charge is -2.28. The lowest BCUT2D eigenvalue weighted by Crippen LogP contribution is -2.37. The van der Waals surface area contributed by atoms with Gasteiger partial charge >= 0.3 is 0 Å². The molecule has 0 unspecified atom stereocenters. The van der Waals surface area contributed by atoms with Gasteiger partial charge in [0, 0.05) is 19.1 Å². The number of methoxy groups -OCH3 is 1. The predicted octanol–water partition coefficient (Wildman–Crippen LogP) is 3.34. The van der Waals surface area contributed by atoms with Gasteiger partial charge < -0.3 is 24.8 Å². The number of nitrogens with zero attached hydrogens (tertiary/aromatic N) is 1. The molecule has 29 heavy (non-hydrogen) atoms. The number of likely N-dealkylation sites (N-methyl/N-ethyl adjacent to an activating group) is 1. The Morgan fingerprint density at radius 3 is 2.76 bits per heavy atom. The number of benzene rings is 2. The lowest BCUT2D eigenvalue weighted by molar-refractivity contribution is -0.0169. The van der Waals surface area contributed by atoms with Crippen LogP contribution < -0.4 is 10.1 Å². The fourth-order valence-electron chi connectivity index (χ4n) is 4.00. The molecular formula is C24H34N2O3. The lowest BCUT2D eigenvalue weighted by atomic mass is 9.89. The molecule has 0 aromatic heterocycles. The molecule has 0 bridgehead atoms. The normalized spacial score (nSPS) is 18.3. The Bertz CT molecular complexity index is 765. The van der Waals surface area contributed by atoms with E-state index < -0.39 is 6.10 Å². The fourth-order valence-corrected chi connectivity index (χ4v) is 4.00. The zero-order chi connectivity index (χ0) is 20.6. The summed E-state index contributed by atoms with van der Waals surface area (Å²) < 4.78 is 11.4. The average Bonchev–Trinajstić information content (AvgIpc) is 2.75. The average molecular weight is 399 g/mol. The van der Waals surface area contributed by atoms with Gasteiger partial charge in [0.25, 0.3) is 0 Å². The molecule has 5 nitrogen and oxygen atoms in total. The quantitative estimate of drug-likeness (QED) is 0.643. The summed E-state index contributed by atoms with van der Waals surface area (Å²) in [5, 5.41) is 13.8. The van der Waals surface area contributed by atoms with Crippen molar-refractivity contribution >= 4 is 0 Å². The first-order chi connectivity index (χ1) is 14.1. The van der Waals surface area contributed by atoms with Crippen molar-refractivity contribution in [2.45, 2.75) is 37.5 Å². The molecule has 2 aromatic rings. The van der Waals surface area contributed by atoms with Crippen LogP contribution in [0.3, 0.4) is 0 Å². The van der Waals surface area contributed by atoms with Crippen LogP contribution in [0.2, 0.25) is 0 Å². The molecule has 0 spiro atoms. The third-order valence-electron chi connectivity index (χ3n) is 5.62. The van der Waals surface area contributed by atoms with Gasteiger partial charge in [-0.05, 0) is 62.2 Å². The van der Waals surface area contributed by atoms with E-state index in [-0.39, 0.29) is 12.1 Å². The van der Waals surface area contributed by atoms with Crippen molar-refractivity contribution in [2.75, 3.05) is 40.9 Å². The number of hydrogen-bond acceptors (Lipinski definition) is 5. The first kappa shape index (κ1) is 21.8. The second kappa shape index (κ2) is 10.7. The topological polar surface area (TPSA) is 54.0 Å². The van der Waals surface area contributed by atoms with Gasteiger partial charge in [-0.1, -0.05) is 36.4 Å². The van der Waals surface area contributed by atoms with E-state index >= 15 is 0 Å². The third kappa shape index (κ3) is 6.03. The van der Waals surface area contributed by atoms with Crippen molar-refractivity contribution < 1.29 is 14.6 Å². The van der Waals surface area contributed by atoms with Crippen molar-refractivity contribution in [3.63, 3.8) is 0 Å². The number of aryl methyl sites for hydroxylation is 1. The van der Waals surface area contributed by atoms with Crippen molar-refractivity contribution in [2.24, 2.45) is 0 Å². The monoisotopic (exact) mass is 398 g/mol. The minimum atomic E-state index is -0.530. The highest BCUT2D eigenvalue weighted by Crippen LogP contribution is 2.32. The van der Waals surface area contributed by atoms with Crippen LogP contribution in [0, 0.1) is 0 Å². The number of fused-ring (bicyclic) bond motifs is 1. The van der Waals surface area contributed by atoms with E-state index in [0.29, 0.717) is 13.2 Å². The molecule has 0 saturated carbocycles. The SMILES string of the molecule is COc1cccc([C@H](CNC[C@@H](O)CO[C@@H]2CCCc3ccccc32)N(C)C)c1. The second-order valence-electron chi connectivity index (χ2n) is 7.98. The van der Waals surface area contributed by atoms with Crippen LogP contribution in [0.25, 0.3) is 0 Å². The second-order valence-corrected chi connectivity index (χ2v) is 7.98. The Kier molecular flexibility index (Phi) is 8.07. The van der Waals surface area contributed by atoms with Gasteiger partial charge in [-0.25, -0.2) is 0 Å². The maximum atomic E-state index is 10.4. The van der Waals surface area contributed by atoms with Gasteiger partial charge in [0.1, 0.15) is 5.75 Å². The van der Waals surface area contributed by atoms with Crippen LogP contribution in [0.15, 0.2) is 48.5 Å². The fraction of sp³-hybridized carbons (Fsp3) is 0.500. The van der Waals surface area contributed by atoms with E-state index in [1.54, 1.807) is 7.11 Å². The highest BCUT2D eigenvalue weighted by atomic mass is 16.5. The van der Waals surface area contributed by atoms with E-state index in [0.717, 1.165) is 31.6 Å². The van der Waals surface area contributed by atoms with Crippen LogP contribution >= 0.6 is 0 Å². The smallest absolute Gasteiger partial charge is 0.119 e. The summed E-state index contributed by atoms with van der Waals surface area (Å²) in [6.07, 6.45) is 2.85. The molecule has 158 valence electrons. The molecule has 1 aliphatic carbocycles. The zero-order valence-electron chi connectivity index (χ0n) is 17.8. The number of ether oxygens (including phenoxy) is 2. The number of aliphatic hydroxyl groups is 1. The summed E-state index contributed by atoms with van der Waals surface area (Å²) >= 11 is 0. The molecule has 0 saturated heterocycles. The number of aliphatic hydroxyl groups excluding tert-OH is 1. The summed E-state index contributed by atoms with van der Waals surface area (Å²) in [5.74, 6) is 0.857. The summed E-state index contributed by atoms with van der Waals surface area (Å²) in [6, 6.07) is 16.8. The van der Waals surface area contributed by atoms with Gasteiger partial charge in [0.05, 0.1) is 25.9 Å². The Morgan fingerprint density at radius 2 is 1.97 bits per heavy atom. The van der Waals surface area contributed by atoms with Crippen LogP contribution in [0.5, 0.6) is 5.75 Å². The van der Waals surface area contributed by atoms with Gasteiger partial charge in [-0.2, -0.15) is 0 Å². The molecule has 2 N–H and O–H groups in total. The molecule has 3 rings (SSSR count). The molecule has 0 heterocycles. The summed E-state index contributed by atoms with van der Waals surface area (Å²) in [7, 11) is 5.81. The van der Waals surface area contributed by atoms with Gasteiger partial charge in [-0.3, -0.25) is 0 Å². The predicted molar refractivity (Wildman–Crippen MR) is 116 cm³/mol. The standard InChI is InChI=1S/C24H34N2O3/c1-26(2)23(19-10-6-11-21(14-19)28-3)16-25-15-20(27)17-29-24-13-7-9-18-8-4-5-12-22(18)24/h4-6,8,10-12,14,20,23-25,27H,7,9,13,15-17H2,1-3H3/t20-,23+,24-/m1/s1. The first-order valence-corrected chi connectivity index (χ1v) is 10.5. The van der Waals surface area contributed by atoms with Gasteiger partial charge in [0.15, 0.2) is 0 Å². The van der Waals surface area contributed by atoms with Crippen molar-refractivity contribution in [1.29, 1.82) is 0 Å². The van der Waals surface area contributed by atoms with E-state index in [1.165, 1.54) is 16.7 Å². The van der Waals surface area contributed by atoms with Crippen molar-refractivity contribution in [3.8, 4) is 5.75 Å². The highest BCUT2D eigenvalue weighted by Gasteiger charge is 2.21. The molecule has 0 radical (unpaired) electrons. The highest BCUT2D eigenvalue weighted by molar-refractivity contribution is 5.31. The van der Waals surface area contributed by atoms with Crippen LogP contribution in [-0.2, 0) is 11.2 Å². The number of nitrogens with one attached hydrogen (secondary N) is 1. The third-order valence-corrected chi connectivity index (χ3v) is 5.62. The van der Waals surface area contributed by atoms with Crippen molar-refractivity contribution in [3.05, 3.63) is 65.2 Å². The molecular weight excluding hydrogens is 364 g/mol. The van der Waals surface area contributed by atoms with Crippen molar-refractivity contribution in [1.82, 2.24) is 10.2 Å². The Morgan fingerprint density at radius 1 is 1.14 bits per heavy atom. The largest absolute Gasteiger partial charge is 0.497 e. The Hall–Kier alpha value is -1.92. The maximum Gasteiger partial charge on any atom is 0.119 e. The molecule has 1 aliphatic rings. The van der Waals surface area contributed by atoms with Gasteiger partial charge in [0.2, 0.25) is 0 Å². The summed E-state index contributed by atoms with van der Waals surface area (Å²) in [4.78, 5) is 2.17. The Balaban J connectivity index is 1.47. The summed E-state index contributed by atoms with van der Waals surface area (Å²) in [5.41, 5.74) is 3.85. The van der Waals surface area contributed by atoms with Crippen LogP contribution in [-0.4, -0.2) is 57.0 Å². The minimum Gasteiger partial charge on any atom is -0.497 e. The molecule has 0 aliphatic heterocycles. The number of rotatable bonds is 10. The molecule has 3 atom stereocenters. The first-order valence-electron chi connectivity index (χ1n) is 10.5. The minimum absolute atomic E-state index is 0.0981.